The van der Waals surface area contributed by atoms with Gasteiger partial charge in [-0.05, 0) is 20.3 Å². The second-order valence-electron chi connectivity index (χ2n) is 5.99. The quantitative estimate of drug-likeness (QED) is 0.876. The fourth-order valence-corrected chi connectivity index (χ4v) is 2.66. The summed E-state index contributed by atoms with van der Waals surface area (Å²) >= 11 is 1.40. The van der Waals surface area contributed by atoms with Crippen molar-refractivity contribution in [3.63, 3.8) is 0 Å². The summed E-state index contributed by atoms with van der Waals surface area (Å²) in [7, 11) is 0. The summed E-state index contributed by atoms with van der Waals surface area (Å²) in [6.07, 6.45) is 0.474. The zero-order chi connectivity index (χ0) is 15.5. The van der Waals surface area contributed by atoms with Crippen LogP contribution in [0.5, 0.6) is 0 Å². The SMILES string of the molecule is Cc1nc(C(C)(C)C)sc1C(=O)NC(C)CCC(=O)O. The summed E-state index contributed by atoms with van der Waals surface area (Å²) in [5.74, 6) is -1.02. The summed E-state index contributed by atoms with van der Waals surface area (Å²) in [6, 6.07) is -0.168. The van der Waals surface area contributed by atoms with E-state index in [2.05, 4.69) is 31.1 Å². The standard InChI is InChI=1S/C14H22N2O3S/c1-8(6-7-10(17)18)15-12(19)11-9(2)16-13(20-11)14(3,4)5/h8H,6-7H2,1-5H3,(H,15,19)(H,17,18). The molecule has 0 aliphatic rings. The van der Waals surface area contributed by atoms with Crippen LogP contribution in [-0.2, 0) is 10.2 Å². The molecule has 6 heteroatoms. The monoisotopic (exact) mass is 298 g/mol. The zero-order valence-electron chi connectivity index (χ0n) is 12.6. The number of aromatic nitrogens is 1. The number of carboxylic acids is 1. The van der Waals surface area contributed by atoms with E-state index in [1.54, 1.807) is 0 Å². The van der Waals surface area contributed by atoms with E-state index in [1.165, 1.54) is 11.3 Å². The maximum atomic E-state index is 12.2. The van der Waals surface area contributed by atoms with Crippen molar-refractivity contribution in [3.05, 3.63) is 15.6 Å². The molecule has 0 saturated heterocycles. The Labute approximate surface area is 123 Å². The molecule has 1 atom stereocenters. The molecule has 1 rings (SSSR count). The molecule has 5 nitrogen and oxygen atoms in total. The molecule has 112 valence electrons. The van der Waals surface area contributed by atoms with Crippen molar-refractivity contribution >= 4 is 23.2 Å². The lowest BCUT2D eigenvalue weighted by atomic mass is 9.98. The number of aryl methyl sites for hydroxylation is 1. The van der Waals surface area contributed by atoms with E-state index in [0.717, 1.165) is 10.7 Å². The van der Waals surface area contributed by atoms with Crippen molar-refractivity contribution in [3.8, 4) is 0 Å². The molecule has 1 aromatic rings. The van der Waals surface area contributed by atoms with Gasteiger partial charge in [-0.3, -0.25) is 9.59 Å². The van der Waals surface area contributed by atoms with E-state index in [-0.39, 0.29) is 23.8 Å². The molecule has 0 spiro atoms. The van der Waals surface area contributed by atoms with Crippen LogP contribution in [0.4, 0.5) is 0 Å². The number of rotatable bonds is 5. The number of nitrogens with zero attached hydrogens (tertiary/aromatic N) is 1. The van der Waals surface area contributed by atoms with Gasteiger partial charge in [-0.15, -0.1) is 11.3 Å². The van der Waals surface area contributed by atoms with E-state index < -0.39 is 5.97 Å². The highest BCUT2D eigenvalue weighted by atomic mass is 32.1. The van der Waals surface area contributed by atoms with Crippen LogP contribution in [0.2, 0.25) is 0 Å². The fraction of sp³-hybridized carbons (Fsp3) is 0.643. The number of hydrogen-bond donors (Lipinski definition) is 2. The first-order valence-electron chi connectivity index (χ1n) is 6.62. The lowest BCUT2D eigenvalue weighted by Crippen LogP contribution is -2.32. The topological polar surface area (TPSA) is 79.3 Å². The van der Waals surface area contributed by atoms with Crippen molar-refractivity contribution in [1.82, 2.24) is 10.3 Å². The predicted octanol–water partition coefficient (Wildman–Crippen LogP) is 2.73. The molecule has 1 heterocycles. The van der Waals surface area contributed by atoms with Crippen LogP contribution in [0.25, 0.3) is 0 Å². The maximum absolute atomic E-state index is 12.2. The molecular weight excluding hydrogens is 276 g/mol. The van der Waals surface area contributed by atoms with Gasteiger partial charge in [0.05, 0.1) is 10.7 Å². The van der Waals surface area contributed by atoms with E-state index in [4.69, 9.17) is 5.11 Å². The van der Waals surface area contributed by atoms with Crippen molar-refractivity contribution in [2.24, 2.45) is 0 Å². The Morgan fingerprint density at radius 3 is 2.45 bits per heavy atom. The lowest BCUT2D eigenvalue weighted by molar-refractivity contribution is -0.137. The van der Waals surface area contributed by atoms with Gasteiger partial charge < -0.3 is 10.4 Å². The first-order valence-corrected chi connectivity index (χ1v) is 7.43. The van der Waals surface area contributed by atoms with Crippen molar-refractivity contribution in [2.45, 2.75) is 58.9 Å². The minimum atomic E-state index is -0.852. The number of carbonyl (C=O) groups excluding carboxylic acids is 1. The number of aliphatic carboxylic acids is 1. The van der Waals surface area contributed by atoms with Gasteiger partial charge in [0.2, 0.25) is 0 Å². The van der Waals surface area contributed by atoms with Crippen LogP contribution < -0.4 is 5.32 Å². The number of thiazole rings is 1. The molecule has 0 aliphatic carbocycles. The fourth-order valence-electron chi connectivity index (χ4n) is 1.63. The van der Waals surface area contributed by atoms with Gasteiger partial charge in [0, 0.05) is 17.9 Å². The van der Waals surface area contributed by atoms with Crippen molar-refractivity contribution < 1.29 is 14.7 Å². The Kier molecular flexibility index (Phi) is 5.28. The largest absolute Gasteiger partial charge is 0.481 e. The molecule has 1 amide bonds. The van der Waals surface area contributed by atoms with Crippen LogP contribution in [0.3, 0.4) is 0 Å². The van der Waals surface area contributed by atoms with E-state index in [9.17, 15) is 9.59 Å². The first-order chi connectivity index (χ1) is 9.11. The van der Waals surface area contributed by atoms with Gasteiger partial charge in [0.15, 0.2) is 0 Å². The molecule has 0 radical (unpaired) electrons. The highest BCUT2D eigenvalue weighted by molar-refractivity contribution is 7.14. The Morgan fingerprint density at radius 2 is 2.00 bits per heavy atom. The number of carboxylic acid groups (broad SMARTS) is 1. The maximum Gasteiger partial charge on any atom is 0.303 e. The molecule has 1 unspecified atom stereocenters. The average molecular weight is 298 g/mol. The Bertz CT molecular complexity index is 503. The minimum Gasteiger partial charge on any atom is -0.481 e. The third kappa shape index (κ3) is 4.59. The summed E-state index contributed by atoms with van der Waals surface area (Å²) in [5.41, 5.74) is 0.644. The molecule has 20 heavy (non-hydrogen) atoms. The van der Waals surface area contributed by atoms with E-state index in [1.807, 2.05) is 13.8 Å². The highest BCUT2D eigenvalue weighted by Crippen LogP contribution is 2.29. The van der Waals surface area contributed by atoms with Crippen LogP contribution in [0, 0.1) is 6.92 Å². The lowest BCUT2D eigenvalue weighted by Gasteiger charge is -2.13. The normalized spacial score (nSPS) is 13.1. The molecule has 0 saturated carbocycles. The van der Waals surface area contributed by atoms with Gasteiger partial charge in [0.25, 0.3) is 5.91 Å². The molecule has 0 bridgehead atoms. The van der Waals surface area contributed by atoms with Gasteiger partial charge in [-0.1, -0.05) is 20.8 Å². The second-order valence-corrected chi connectivity index (χ2v) is 6.99. The van der Waals surface area contributed by atoms with Crippen LogP contribution in [-0.4, -0.2) is 28.0 Å². The summed E-state index contributed by atoms with van der Waals surface area (Å²) in [6.45, 7) is 9.80. The second kappa shape index (κ2) is 6.35. The molecule has 0 aliphatic heterocycles. The molecule has 0 fully saturated rings. The predicted molar refractivity (Wildman–Crippen MR) is 79.3 cm³/mol. The molecule has 2 N–H and O–H groups in total. The first kappa shape index (κ1) is 16.6. The van der Waals surface area contributed by atoms with Gasteiger partial charge in [-0.2, -0.15) is 0 Å². The number of amides is 1. The highest BCUT2D eigenvalue weighted by Gasteiger charge is 2.23. The average Bonchev–Trinajstić information content (AvgIpc) is 2.68. The summed E-state index contributed by atoms with van der Waals surface area (Å²) in [4.78, 5) is 27.7. The Hall–Kier alpha value is -1.43. The van der Waals surface area contributed by atoms with E-state index in [0.29, 0.717) is 11.3 Å². The minimum absolute atomic E-state index is 0.0519. The Balaban J connectivity index is 2.73. The number of hydrogen-bond acceptors (Lipinski definition) is 4. The summed E-state index contributed by atoms with van der Waals surface area (Å²) < 4.78 is 0. The van der Waals surface area contributed by atoms with Gasteiger partial charge >= 0.3 is 5.97 Å². The third-order valence-electron chi connectivity index (χ3n) is 2.81. The molecule has 1 aromatic heterocycles. The number of carbonyl (C=O) groups is 2. The zero-order valence-corrected chi connectivity index (χ0v) is 13.4. The smallest absolute Gasteiger partial charge is 0.303 e. The molecule has 0 aromatic carbocycles. The van der Waals surface area contributed by atoms with E-state index >= 15 is 0 Å². The summed E-state index contributed by atoms with van der Waals surface area (Å²) in [5, 5.41) is 12.4. The van der Waals surface area contributed by atoms with Crippen LogP contribution in [0.1, 0.15) is 60.9 Å². The van der Waals surface area contributed by atoms with Crippen molar-refractivity contribution in [1.29, 1.82) is 0 Å². The van der Waals surface area contributed by atoms with Gasteiger partial charge in [-0.25, -0.2) is 4.98 Å². The Morgan fingerprint density at radius 1 is 1.40 bits per heavy atom. The number of nitrogens with one attached hydrogen (secondary N) is 1. The van der Waals surface area contributed by atoms with Gasteiger partial charge in [0.1, 0.15) is 4.88 Å². The molecular formula is C14H22N2O3S. The van der Waals surface area contributed by atoms with Crippen LogP contribution in [0.15, 0.2) is 0 Å². The van der Waals surface area contributed by atoms with Crippen molar-refractivity contribution in [2.75, 3.05) is 0 Å². The third-order valence-corrected chi connectivity index (χ3v) is 4.40. The van der Waals surface area contributed by atoms with Crippen LogP contribution >= 0.6 is 11.3 Å².